The molecule has 3 aromatic rings. The number of aromatic nitrogens is 1. The number of aliphatic hydroxyl groups excluding tert-OH is 1. The van der Waals surface area contributed by atoms with Gasteiger partial charge in [-0.15, -0.1) is 0 Å². The zero-order valence-corrected chi connectivity index (χ0v) is 18.2. The smallest absolute Gasteiger partial charge is 0.296 e. The van der Waals surface area contributed by atoms with Gasteiger partial charge in [0.05, 0.1) is 18.4 Å². The highest BCUT2D eigenvalue weighted by atomic mass is 16.5. The number of methoxy groups -OCH3 is 1. The normalized spacial score (nSPS) is 17.6. The SMILES string of the molecule is COc1ccc(CN2C(=O)C(=O)/C(=C(\O)c3ccc(C)c(C)c3)C2c2ccccn2)cc1. The van der Waals surface area contributed by atoms with Crippen molar-refractivity contribution in [2.24, 2.45) is 0 Å². The van der Waals surface area contributed by atoms with Gasteiger partial charge in [0, 0.05) is 18.3 Å². The number of carbonyl (C=O) groups is 2. The van der Waals surface area contributed by atoms with Crippen molar-refractivity contribution in [2.45, 2.75) is 26.4 Å². The number of hydrogen-bond donors (Lipinski definition) is 1. The summed E-state index contributed by atoms with van der Waals surface area (Å²) in [7, 11) is 1.58. The van der Waals surface area contributed by atoms with Gasteiger partial charge in [-0.05, 0) is 60.9 Å². The Balaban J connectivity index is 1.82. The number of hydrogen-bond acceptors (Lipinski definition) is 5. The molecule has 2 heterocycles. The summed E-state index contributed by atoms with van der Waals surface area (Å²) in [6.07, 6.45) is 1.61. The van der Waals surface area contributed by atoms with Crippen LogP contribution in [-0.4, -0.2) is 33.8 Å². The standard InChI is InChI=1S/C26H24N2O4/c1-16-7-10-19(14-17(16)2)24(29)22-23(21-6-4-5-13-27-21)28(26(31)25(22)30)15-18-8-11-20(32-3)12-9-18/h4-14,23,29H,15H2,1-3H3/b24-22-. The van der Waals surface area contributed by atoms with Gasteiger partial charge >= 0.3 is 0 Å². The minimum absolute atomic E-state index is 0.0467. The van der Waals surface area contributed by atoms with Crippen LogP contribution >= 0.6 is 0 Å². The van der Waals surface area contributed by atoms with Gasteiger partial charge in [-0.25, -0.2) is 0 Å². The molecule has 1 fully saturated rings. The van der Waals surface area contributed by atoms with E-state index in [-0.39, 0.29) is 17.9 Å². The molecule has 1 aliphatic rings. The molecule has 0 saturated carbocycles. The third-order valence-corrected chi connectivity index (χ3v) is 5.80. The van der Waals surface area contributed by atoms with Crippen molar-refractivity contribution in [3.05, 3.63) is 100 Å². The van der Waals surface area contributed by atoms with Gasteiger partial charge in [0.25, 0.3) is 11.7 Å². The molecular formula is C26H24N2O4. The lowest BCUT2D eigenvalue weighted by Gasteiger charge is -2.24. The van der Waals surface area contributed by atoms with Crippen LogP contribution in [0.1, 0.15) is 34.0 Å². The number of likely N-dealkylation sites (tertiary alicyclic amines) is 1. The summed E-state index contributed by atoms with van der Waals surface area (Å²) in [6.45, 7) is 4.10. The van der Waals surface area contributed by atoms with E-state index in [1.807, 2.05) is 38.1 Å². The number of ether oxygens (including phenoxy) is 1. The second kappa shape index (κ2) is 8.67. The van der Waals surface area contributed by atoms with Crippen LogP contribution in [0.4, 0.5) is 0 Å². The van der Waals surface area contributed by atoms with Crippen LogP contribution < -0.4 is 4.74 Å². The summed E-state index contributed by atoms with van der Waals surface area (Å²) in [5.41, 5.74) is 3.95. The fourth-order valence-electron chi connectivity index (χ4n) is 3.86. The van der Waals surface area contributed by atoms with Crippen molar-refractivity contribution in [3.63, 3.8) is 0 Å². The van der Waals surface area contributed by atoms with Gasteiger partial charge in [0.2, 0.25) is 0 Å². The fourth-order valence-corrected chi connectivity index (χ4v) is 3.86. The molecule has 6 nitrogen and oxygen atoms in total. The van der Waals surface area contributed by atoms with E-state index in [9.17, 15) is 14.7 Å². The molecular weight excluding hydrogens is 404 g/mol. The third-order valence-electron chi connectivity index (χ3n) is 5.80. The molecule has 1 atom stereocenters. The quantitative estimate of drug-likeness (QED) is 0.372. The predicted octanol–water partition coefficient (Wildman–Crippen LogP) is 4.33. The van der Waals surface area contributed by atoms with Crippen LogP contribution in [0.15, 0.2) is 72.4 Å². The number of rotatable bonds is 5. The van der Waals surface area contributed by atoms with E-state index in [1.165, 1.54) is 4.90 Å². The van der Waals surface area contributed by atoms with E-state index in [4.69, 9.17) is 4.74 Å². The first kappa shape index (κ1) is 21.3. The highest BCUT2D eigenvalue weighted by molar-refractivity contribution is 6.46. The predicted molar refractivity (Wildman–Crippen MR) is 121 cm³/mol. The monoisotopic (exact) mass is 428 g/mol. The number of ketones is 1. The Morgan fingerprint density at radius 2 is 1.78 bits per heavy atom. The molecule has 0 bridgehead atoms. The zero-order chi connectivity index (χ0) is 22.8. The minimum Gasteiger partial charge on any atom is -0.507 e. The molecule has 32 heavy (non-hydrogen) atoms. The van der Waals surface area contributed by atoms with E-state index in [0.29, 0.717) is 17.0 Å². The fraction of sp³-hybridized carbons (Fsp3) is 0.192. The van der Waals surface area contributed by atoms with Gasteiger partial charge in [0.1, 0.15) is 17.6 Å². The number of aryl methyl sites for hydroxylation is 2. The van der Waals surface area contributed by atoms with E-state index in [2.05, 4.69) is 4.98 Å². The summed E-state index contributed by atoms with van der Waals surface area (Å²) < 4.78 is 5.20. The number of aliphatic hydroxyl groups is 1. The first-order chi connectivity index (χ1) is 15.4. The maximum absolute atomic E-state index is 13.1. The lowest BCUT2D eigenvalue weighted by molar-refractivity contribution is -0.140. The van der Waals surface area contributed by atoms with Gasteiger partial charge in [0.15, 0.2) is 0 Å². The van der Waals surface area contributed by atoms with Crippen molar-refractivity contribution in [1.29, 1.82) is 0 Å². The maximum atomic E-state index is 13.1. The Bertz CT molecular complexity index is 1200. The molecule has 4 rings (SSSR count). The van der Waals surface area contributed by atoms with Gasteiger partial charge < -0.3 is 14.7 Å². The minimum atomic E-state index is -0.792. The van der Waals surface area contributed by atoms with Gasteiger partial charge in [-0.2, -0.15) is 0 Å². The largest absolute Gasteiger partial charge is 0.507 e. The molecule has 1 aliphatic heterocycles. The maximum Gasteiger partial charge on any atom is 0.296 e. The van der Waals surface area contributed by atoms with Gasteiger partial charge in [-0.1, -0.05) is 30.3 Å². The molecule has 162 valence electrons. The molecule has 1 N–H and O–H groups in total. The van der Waals surface area contributed by atoms with Crippen molar-refractivity contribution in [1.82, 2.24) is 9.88 Å². The molecule has 1 amide bonds. The van der Waals surface area contributed by atoms with Crippen LogP contribution in [0.5, 0.6) is 5.75 Å². The van der Waals surface area contributed by atoms with E-state index < -0.39 is 17.7 Å². The average Bonchev–Trinajstić information content (AvgIpc) is 3.06. The van der Waals surface area contributed by atoms with Crippen LogP contribution in [0, 0.1) is 13.8 Å². The van der Waals surface area contributed by atoms with E-state index >= 15 is 0 Å². The van der Waals surface area contributed by atoms with E-state index in [1.54, 1.807) is 49.7 Å². The molecule has 0 spiro atoms. The lowest BCUT2D eigenvalue weighted by Crippen LogP contribution is -2.29. The molecule has 0 radical (unpaired) electrons. The average molecular weight is 428 g/mol. The summed E-state index contributed by atoms with van der Waals surface area (Å²) in [5, 5.41) is 11.1. The highest BCUT2D eigenvalue weighted by Gasteiger charge is 2.46. The van der Waals surface area contributed by atoms with E-state index in [0.717, 1.165) is 16.7 Å². The summed E-state index contributed by atoms with van der Waals surface area (Å²) in [6, 6.07) is 17.3. The van der Waals surface area contributed by atoms with Gasteiger partial charge in [-0.3, -0.25) is 14.6 Å². The first-order valence-electron chi connectivity index (χ1n) is 10.3. The molecule has 0 aliphatic carbocycles. The summed E-state index contributed by atoms with van der Waals surface area (Å²) in [4.78, 5) is 32.0. The number of pyridine rings is 1. The lowest BCUT2D eigenvalue weighted by atomic mass is 9.96. The first-order valence-corrected chi connectivity index (χ1v) is 10.3. The Kier molecular flexibility index (Phi) is 5.77. The molecule has 1 unspecified atom stereocenters. The van der Waals surface area contributed by atoms with Crippen LogP contribution in [0.3, 0.4) is 0 Å². The van der Waals surface area contributed by atoms with Crippen molar-refractivity contribution >= 4 is 17.4 Å². The van der Waals surface area contributed by atoms with Crippen LogP contribution in [0.25, 0.3) is 5.76 Å². The van der Waals surface area contributed by atoms with Crippen LogP contribution in [-0.2, 0) is 16.1 Å². The third kappa shape index (κ3) is 3.87. The Labute approximate surface area is 186 Å². The second-order valence-electron chi connectivity index (χ2n) is 7.83. The Hall–Kier alpha value is -3.93. The number of nitrogens with zero attached hydrogens (tertiary/aromatic N) is 2. The van der Waals surface area contributed by atoms with Crippen molar-refractivity contribution in [2.75, 3.05) is 7.11 Å². The number of benzene rings is 2. The highest BCUT2D eigenvalue weighted by Crippen LogP contribution is 2.39. The molecule has 1 saturated heterocycles. The number of amides is 1. The summed E-state index contributed by atoms with van der Waals surface area (Å²) in [5.74, 6) is -0.877. The topological polar surface area (TPSA) is 79.7 Å². The van der Waals surface area contributed by atoms with Crippen molar-refractivity contribution in [3.8, 4) is 5.75 Å². The molecule has 2 aromatic carbocycles. The summed E-state index contributed by atoms with van der Waals surface area (Å²) >= 11 is 0. The number of Topliss-reactive ketones (excluding diaryl/α,β-unsaturated/α-hetero) is 1. The van der Waals surface area contributed by atoms with Crippen molar-refractivity contribution < 1.29 is 19.4 Å². The molecule has 1 aromatic heterocycles. The Morgan fingerprint density at radius 1 is 1.03 bits per heavy atom. The number of carbonyl (C=O) groups excluding carboxylic acids is 2. The zero-order valence-electron chi connectivity index (χ0n) is 18.2. The second-order valence-corrected chi connectivity index (χ2v) is 7.83. The molecule has 6 heteroatoms. The Morgan fingerprint density at radius 3 is 2.41 bits per heavy atom. The van der Waals surface area contributed by atoms with Crippen LogP contribution in [0.2, 0.25) is 0 Å².